The van der Waals surface area contributed by atoms with Crippen LogP contribution in [0, 0.1) is 5.92 Å². The molecule has 1 unspecified atom stereocenters. The third-order valence-corrected chi connectivity index (χ3v) is 4.67. The smallest absolute Gasteiger partial charge is 0.227 e. The van der Waals surface area contributed by atoms with Crippen LogP contribution in [0.3, 0.4) is 0 Å². The Balaban J connectivity index is 1.93. The van der Waals surface area contributed by atoms with Crippen molar-refractivity contribution in [2.75, 3.05) is 24.2 Å². The van der Waals surface area contributed by atoms with Crippen LogP contribution in [0.2, 0.25) is 0 Å². The molecule has 1 aromatic carbocycles. The molecule has 1 atom stereocenters. The summed E-state index contributed by atoms with van der Waals surface area (Å²) in [7, 11) is 0. The molecule has 1 aromatic rings. The van der Waals surface area contributed by atoms with Crippen molar-refractivity contribution in [2.24, 2.45) is 5.92 Å². The highest BCUT2D eigenvalue weighted by Gasteiger charge is 2.34. The maximum atomic E-state index is 12.2. The van der Waals surface area contributed by atoms with E-state index in [-0.39, 0.29) is 17.7 Å². The molecule has 5 heteroatoms. The van der Waals surface area contributed by atoms with E-state index < -0.39 is 0 Å². The van der Waals surface area contributed by atoms with E-state index >= 15 is 0 Å². The van der Waals surface area contributed by atoms with Gasteiger partial charge in [-0.3, -0.25) is 9.59 Å². The van der Waals surface area contributed by atoms with Crippen molar-refractivity contribution in [1.29, 1.82) is 0 Å². The molecule has 0 spiro atoms. The minimum atomic E-state index is -0.230. The van der Waals surface area contributed by atoms with Crippen LogP contribution in [0.5, 0.6) is 0 Å². The molecule has 1 saturated heterocycles. The Morgan fingerprint density at radius 2 is 2.23 bits per heavy atom. The van der Waals surface area contributed by atoms with E-state index in [1.165, 1.54) is 0 Å². The predicted octanol–water partition coefficient (Wildman–Crippen LogP) is 3.07. The quantitative estimate of drug-likeness (QED) is 0.620. The van der Waals surface area contributed by atoms with Crippen LogP contribution in [0.1, 0.15) is 32.6 Å². The fourth-order valence-corrected chi connectivity index (χ4v) is 3.10. The number of benzene rings is 1. The van der Waals surface area contributed by atoms with E-state index in [0.717, 1.165) is 29.8 Å². The van der Waals surface area contributed by atoms with Gasteiger partial charge in [0.05, 0.1) is 5.92 Å². The third-order valence-electron chi connectivity index (χ3n) is 3.94. The summed E-state index contributed by atoms with van der Waals surface area (Å²) in [5.41, 5.74) is 0.887. The standard InChI is InChI=1S/C17H24N2O2S/c1-3-4-5-9-18-17(21)13-10-16(20)19(12-13)14-7-6-8-15(11-14)22-2/h6-8,11,13H,3-5,9-10,12H2,1-2H3,(H,18,21). The number of hydrogen-bond acceptors (Lipinski definition) is 3. The number of hydrogen-bond donors (Lipinski definition) is 1. The van der Waals surface area contributed by atoms with Gasteiger partial charge in [-0.25, -0.2) is 0 Å². The second-order valence-electron chi connectivity index (χ2n) is 5.61. The molecule has 1 aliphatic heterocycles. The van der Waals surface area contributed by atoms with E-state index in [1.807, 2.05) is 30.5 Å². The van der Waals surface area contributed by atoms with Gasteiger partial charge in [0.2, 0.25) is 11.8 Å². The summed E-state index contributed by atoms with van der Waals surface area (Å²) in [5.74, 6) is -0.188. The number of amides is 2. The lowest BCUT2D eigenvalue weighted by atomic mass is 10.1. The van der Waals surface area contributed by atoms with Gasteiger partial charge in [-0.2, -0.15) is 0 Å². The molecular formula is C17H24N2O2S. The van der Waals surface area contributed by atoms with Crippen molar-refractivity contribution in [2.45, 2.75) is 37.5 Å². The van der Waals surface area contributed by atoms with Gasteiger partial charge in [0.25, 0.3) is 0 Å². The fraction of sp³-hybridized carbons (Fsp3) is 0.529. The van der Waals surface area contributed by atoms with Crippen molar-refractivity contribution in [1.82, 2.24) is 5.32 Å². The van der Waals surface area contributed by atoms with Gasteiger partial charge >= 0.3 is 0 Å². The molecule has 1 aliphatic rings. The van der Waals surface area contributed by atoms with Gasteiger partial charge in [-0.1, -0.05) is 25.8 Å². The highest BCUT2D eigenvalue weighted by atomic mass is 32.2. The monoisotopic (exact) mass is 320 g/mol. The normalized spacial score (nSPS) is 17.8. The SMILES string of the molecule is CCCCCNC(=O)C1CC(=O)N(c2cccc(SC)c2)C1. The third kappa shape index (κ3) is 4.26. The number of nitrogens with zero attached hydrogens (tertiary/aromatic N) is 1. The molecule has 120 valence electrons. The molecule has 2 rings (SSSR count). The average Bonchev–Trinajstić information content (AvgIpc) is 2.93. The van der Waals surface area contributed by atoms with Gasteiger partial charge in [-0.15, -0.1) is 11.8 Å². The summed E-state index contributed by atoms with van der Waals surface area (Å²) in [6.07, 6.45) is 5.58. The first-order valence-electron chi connectivity index (χ1n) is 7.87. The van der Waals surface area contributed by atoms with E-state index in [1.54, 1.807) is 16.7 Å². The van der Waals surface area contributed by atoms with E-state index in [0.29, 0.717) is 19.5 Å². The van der Waals surface area contributed by atoms with Gasteiger partial charge < -0.3 is 10.2 Å². The lowest BCUT2D eigenvalue weighted by Crippen LogP contribution is -2.33. The van der Waals surface area contributed by atoms with Crippen LogP contribution in [0.25, 0.3) is 0 Å². The lowest BCUT2D eigenvalue weighted by Gasteiger charge is -2.17. The number of carbonyl (C=O) groups excluding carboxylic acids is 2. The van der Waals surface area contributed by atoms with Crippen LogP contribution in [0.4, 0.5) is 5.69 Å². The maximum absolute atomic E-state index is 12.2. The molecule has 4 nitrogen and oxygen atoms in total. The van der Waals surface area contributed by atoms with Crippen molar-refractivity contribution in [3.8, 4) is 0 Å². The molecule has 1 fully saturated rings. The molecule has 0 radical (unpaired) electrons. The van der Waals surface area contributed by atoms with Crippen LogP contribution in [-0.4, -0.2) is 31.2 Å². The molecule has 2 amide bonds. The van der Waals surface area contributed by atoms with Crippen molar-refractivity contribution in [3.05, 3.63) is 24.3 Å². The van der Waals surface area contributed by atoms with Crippen molar-refractivity contribution < 1.29 is 9.59 Å². The summed E-state index contributed by atoms with van der Waals surface area (Å²) in [5, 5.41) is 2.95. The van der Waals surface area contributed by atoms with E-state index in [9.17, 15) is 9.59 Å². The first-order chi connectivity index (χ1) is 10.7. The van der Waals surface area contributed by atoms with E-state index in [2.05, 4.69) is 12.2 Å². The first-order valence-corrected chi connectivity index (χ1v) is 9.10. The highest BCUT2D eigenvalue weighted by molar-refractivity contribution is 7.98. The molecule has 0 aromatic heterocycles. The molecule has 0 aliphatic carbocycles. The zero-order valence-electron chi connectivity index (χ0n) is 13.3. The molecule has 0 saturated carbocycles. The predicted molar refractivity (Wildman–Crippen MR) is 91.2 cm³/mol. The Hall–Kier alpha value is -1.49. The van der Waals surface area contributed by atoms with Crippen LogP contribution in [-0.2, 0) is 9.59 Å². The van der Waals surface area contributed by atoms with Crippen LogP contribution in [0.15, 0.2) is 29.2 Å². The van der Waals surface area contributed by atoms with Crippen molar-refractivity contribution in [3.63, 3.8) is 0 Å². The Labute approximate surface area is 136 Å². The molecule has 1 N–H and O–H groups in total. The number of anilines is 1. The number of nitrogens with one attached hydrogen (secondary N) is 1. The Morgan fingerprint density at radius 1 is 1.41 bits per heavy atom. The zero-order chi connectivity index (χ0) is 15.9. The molecular weight excluding hydrogens is 296 g/mol. The zero-order valence-corrected chi connectivity index (χ0v) is 14.1. The lowest BCUT2D eigenvalue weighted by molar-refractivity contribution is -0.126. The van der Waals surface area contributed by atoms with Gasteiger partial charge in [0, 0.05) is 30.1 Å². The minimum Gasteiger partial charge on any atom is -0.356 e. The number of carbonyl (C=O) groups is 2. The largest absolute Gasteiger partial charge is 0.356 e. The van der Waals surface area contributed by atoms with Gasteiger partial charge in [-0.05, 0) is 30.9 Å². The summed E-state index contributed by atoms with van der Waals surface area (Å²) >= 11 is 1.65. The Kier molecular flexibility index (Phi) is 6.31. The van der Waals surface area contributed by atoms with Crippen LogP contribution >= 0.6 is 11.8 Å². The van der Waals surface area contributed by atoms with Gasteiger partial charge in [0.1, 0.15) is 0 Å². The molecule has 0 bridgehead atoms. The van der Waals surface area contributed by atoms with Gasteiger partial charge in [0.15, 0.2) is 0 Å². The first kappa shape index (κ1) is 16.9. The number of unbranched alkanes of at least 4 members (excludes halogenated alkanes) is 2. The second-order valence-corrected chi connectivity index (χ2v) is 6.48. The maximum Gasteiger partial charge on any atom is 0.227 e. The second kappa shape index (κ2) is 8.22. The average molecular weight is 320 g/mol. The minimum absolute atomic E-state index is 0.00738. The molecule has 22 heavy (non-hydrogen) atoms. The topological polar surface area (TPSA) is 49.4 Å². The Bertz CT molecular complexity index is 533. The number of rotatable bonds is 7. The number of thioether (sulfide) groups is 1. The Morgan fingerprint density at radius 3 is 2.95 bits per heavy atom. The van der Waals surface area contributed by atoms with Crippen molar-refractivity contribution >= 4 is 29.3 Å². The molecule has 1 heterocycles. The highest BCUT2D eigenvalue weighted by Crippen LogP contribution is 2.28. The fourth-order valence-electron chi connectivity index (χ4n) is 2.64. The summed E-state index contributed by atoms with van der Waals surface area (Å²) < 4.78 is 0. The summed E-state index contributed by atoms with van der Waals surface area (Å²) in [6.45, 7) is 3.33. The summed E-state index contributed by atoms with van der Waals surface area (Å²) in [6, 6.07) is 7.91. The van der Waals surface area contributed by atoms with Crippen LogP contribution < -0.4 is 10.2 Å². The summed E-state index contributed by atoms with van der Waals surface area (Å²) in [4.78, 5) is 27.2. The van der Waals surface area contributed by atoms with E-state index in [4.69, 9.17) is 0 Å².